The van der Waals surface area contributed by atoms with Crippen LogP contribution in [-0.2, 0) is 6.42 Å². The highest BCUT2D eigenvalue weighted by Crippen LogP contribution is 2.14. The van der Waals surface area contributed by atoms with Crippen LogP contribution in [0.25, 0.3) is 5.52 Å². The zero-order chi connectivity index (χ0) is 15.7. The van der Waals surface area contributed by atoms with Gasteiger partial charge in [-0.25, -0.2) is 9.50 Å². The number of fused-ring (bicyclic) bond motifs is 1. The fourth-order valence-electron chi connectivity index (χ4n) is 2.46. The van der Waals surface area contributed by atoms with E-state index >= 15 is 0 Å². The molecule has 0 saturated heterocycles. The standard InChI is InChI=1S/C17H18N4O/c1-4-13-5-7-14(8-6-13)19-17(22)16-18-10-15-11(2)9-12(3)20-21(15)16/h5-10H,4H2,1-3H3,(H,19,22). The van der Waals surface area contributed by atoms with Crippen LogP contribution in [0, 0.1) is 13.8 Å². The van der Waals surface area contributed by atoms with Crippen LogP contribution in [0.3, 0.4) is 0 Å². The van der Waals surface area contributed by atoms with Crippen LogP contribution in [0.5, 0.6) is 0 Å². The van der Waals surface area contributed by atoms with E-state index in [1.54, 1.807) is 10.7 Å². The van der Waals surface area contributed by atoms with Crippen molar-refractivity contribution in [2.75, 3.05) is 5.32 Å². The molecule has 0 aliphatic heterocycles. The van der Waals surface area contributed by atoms with Gasteiger partial charge in [0, 0.05) is 5.69 Å². The van der Waals surface area contributed by atoms with Crippen molar-refractivity contribution < 1.29 is 4.79 Å². The molecule has 0 radical (unpaired) electrons. The SMILES string of the molecule is CCc1ccc(NC(=O)c2ncc3c(C)cc(C)nn23)cc1. The summed E-state index contributed by atoms with van der Waals surface area (Å²) in [6.45, 7) is 5.98. The molecule has 1 amide bonds. The number of aryl methyl sites for hydroxylation is 3. The second-order valence-electron chi connectivity index (χ2n) is 5.35. The lowest BCUT2D eigenvalue weighted by molar-refractivity contribution is 0.101. The number of nitrogens with zero attached hydrogens (tertiary/aromatic N) is 3. The third kappa shape index (κ3) is 2.57. The van der Waals surface area contributed by atoms with Crippen LogP contribution in [0.2, 0.25) is 0 Å². The Balaban J connectivity index is 1.91. The molecule has 0 fully saturated rings. The maximum atomic E-state index is 12.4. The predicted octanol–water partition coefficient (Wildman–Crippen LogP) is 3.16. The van der Waals surface area contributed by atoms with Crippen molar-refractivity contribution in [2.45, 2.75) is 27.2 Å². The quantitative estimate of drug-likeness (QED) is 0.807. The molecule has 1 aromatic carbocycles. The smallest absolute Gasteiger partial charge is 0.293 e. The van der Waals surface area contributed by atoms with Gasteiger partial charge in [0.25, 0.3) is 5.91 Å². The molecule has 2 heterocycles. The van der Waals surface area contributed by atoms with E-state index < -0.39 is 0 Å². The van der Waals surface area contributed by atoms with E-state index in [2.05, 4.69) is 22.3 Å². The van der Waals surface area contributed by atoms with Gasteiger partial charge >= 0.3 is 0 Å². The largest absolute Gasteiger partial charge is 0.319 e. The topological polar surface area (TPSA) is 59.3 Å². The number of amides is 1. The maximum Gasteiger partial charge on any atom is 0.293 e. The summed E-state index contributed by atoms with van der Waals surface area (Å²) in [7, 11) is 0. The second-order valence-corrected chi connectivity index (χ2v) is 5.35. The normalized spacial score (nSPS) is 10.9. The molecular weight excluding hydrogens is 276 g/mol. The van der Waals surface area contributed by atoms with Crippen molar-refractivity contribution in [1.82, 2.24) is 14.6 Å². The van der Waals surface area contributed by atoms with Gasteiger partial charge in [0.1, 0.15) is 0 Å². The van der Waals surface area contributed by atoms with Crippen molar-refractivity contribution in [2.24, 2.45) is 0 Å². The summed E-state index contributed by atoms with van der Waals surface area (Å²) in [6.07, 6.45) is 2.65. The number of carbonyl (C=O) groups is 1. The fraction of sp³-hybridized carbons (Fsp3) is 0.235. The Morgan fingerprint density at radius 3 is 2.64 bits per heavy atom. The van der Waals surface area contributed by atoms with E-state index in [0.717, 1.165) is 28.9 Å². The third-order valence-corrected chi connectivity index (χ3v) is 3.65. The number of benzene rings is 1. The number of nitrogens with one attached hydrogen (secondary N) is 1. The Hall–Kier alpha value is -2.69. The average Bonchev–Trinajstić information content (AvgIpc) is 2.92. The molecule has 3 aromatic rings. The lowest BCUT2D eigenvalue weighted by Gasteiger charge is -2.06. The van der Waals surface area contributed by atoms with Crippen molar-refractivity contribution in [3.63, 3.8) is 0 Å². The molecule has 0 saturated carbocycles. The minimum atomic E-state index is -0.262. The molecule has 5 nitrogen and oxygen atoms in total. The minimum Gasteiger partial charge on any atom is -0.319 e. The van der Waals surface area contributed by atoms with Gasteiger partial charge in [0.2, 0.25) is 5.82 Å². The van der Waals surface area contributed by atoms with Gasteiger partial charge in [0.15, 0.2) is 0 Å². The van der Waals surface area contributed by atoms with Gasteiger partial charge in [-0.2, -0.15) is 5.10 Å². The molecule has 5 heteroatoms. The summed E-state index contributed by atoms with van der Waals surface area (Å²) in [6, 6.07) is 9.78. The summed E-state index contributed by atoms with van der Waals surface area (Å²) < 4.78 is 1.60. The predicted molar refractivity (Wildman–Crippen MR) is 86.2 cm³/mol. The van der Waals surface area contributed by atoms with E-state index in [4.69, 9.17) is 0 Å². The first-order valence-corrected chi connectivity index (χ1v) is 7.30. The molecule has 0 aliphatic carbocycles. The lowest BCUT2D eigenvalue weighted by atomic mass is 10.1. The highest BCUT2D eigenvalue weighted by Gasteiger charge is 2.15. The first-order chi connectivity index (χ1) is 10.6. The van der Waals surface area contributed by atoms with Crippen LogP contribution in [0.4, 0.5) is 5.69 Å². The Morgan fingerprint density at radius 2 is 1.95 bits per heavy atom. The molecule has 112 valence electrons. The van der Waals surface area contributed by atoms with Crippen molar-refractivity contribution in [3.05, 3.63) is 59.2 Å². The molecular formula is C17H18N4O. The first-order valence-electron chi connectivity index (χ1n) is 7.30. The lowest BCUT2D eigenvalue weighted by Crippen LogP contribution is -2.17. The van der Waals surface area contributed by atoms with E-state index in [-0.39, 0.29) is 5.91 Å². The molecule has 0 bridgehead atoms. The summed E-state index contributed by atoms with van der Waals surface area (Å²) in [5.41, 5.74) is 4.73. The Morgan fingerprint density at radius 1 is 1.23 bits per heavy atom. The molecule has 0 aliphatic rings. The monoisotopic (exact) mass is 294 g/mol. The van der Waals surface area contributed by atoms with Crippen LogP contribution >= 0.6 is 0 Å². The summed E-state index contributed by atoms with van der Waals surface area (Å²) in [5, 5.41) is 7.24. The second kappa shape index (κ2) is 5.60. The number of hydrogen-bond acceptors (Lipinski definition) is 3. The van der Waals surface area contributed by atoms with Gasteiger partial charge in [-0.15, -0.1) is 0 Å². The van der Waals surface area contributed by atoms with Gasteiger partial charge in [-0.3, -0.25) is 4.79 Å². The first kappa shape index (κ1) is 14.3. The van der Waals surface area contributed by atoms with Gasteiger partial charge in [0.05, 0.1) is 17.4 Å². The van der Waals surface area contributed by atoms with Gasteiger partial charge in [-0.05, 0) is 49.6 Å². The molecule has 0 unspecified atom stereocenters. The maximum absolute atomic E-state index is 12.4. The fourth-order valence-corrected chi connectivity index (χ4v) is 2.46. The van der Waals surface area contributed by atoms with Crippen LogP contribution in [-0.4, -0.2) is 20.5 Å². The number of anilines is 1. The zero-order valence-electron chi connectivity index (χ0n) is 12.9. The third-order valence-electron chi connectivity index (χ3n) is 3.65. The summed E-state index contributed by atoms with van der Waals surface area (Å²) in [5.74, 6) is 0.0307. The number of imidazole rings is 1. The number of hydrogen-bond donors (Lipinski definition) is 1. The van der Waals surface area contributed by atoms with Crippen molar-refractivity contribution >= 4 is 17.1 Å². The van der Waals surface area contributed by atoms with Crippen molar-refractivity contribution in [3.8, 4) is 0 Å². The number of carbonyl (C=O) groups excluding carboxylic acids is 1. The minimum absolute atomic E-state index is 0.262. The van der Waals surface area contributed by atoms with Gasteiger partial charge < -0.3 is 5.32 Å². The molecule has 1 N–H and O–H groups in total. The highest BCUT2D eigenvalue weighted by atomic mass is 16.2. The van der Waals surface area contributed by atoms with Crippen LogP contribution in [0.1, 0.15) is 34.4 Å². The molecule has 0 spiro atoms. The van der Waals surface area contributed by atoms with Gasteiger partial charge in [-0.1, -0.05) is 19.1 Å². The Kier molecular flexibility index (Phi) is 3.63. The molecule has 0 atom stereocenters. The summed E-state index contributed by atoms with van der Waals surface area (Å²) in [4.78, 5) is 16.6. The van der Waals surface area contributed by atoms with E-state index in [9.17, 15) is 4.79 Å². The Labute approximate surface area is 129 Å². The van der Waals surface area contributed by atoms with Crippen LogP contribution < -0.4 is 5.32 Å². The number of rotatable bonds is 3. The molecule has 3 rings (SSSR count). The Bertz CT molecular complexity index is 834. The van der Waals surface area contributed by atoms with E-state index in [1.165, 1.54) is 5.56 Å². The number of aromatic nitrogens is 3. The average molecular weight is 294 g/mol. The molecule has 2 aromatic heterocycles. The highest BCUT2D eigenvalue weighted by molar-refractivity contribution is 6.02. The van der Waals surface area contributed by atoms with Crippen LogP contribution in [0.15, 0.2) is 36.5 Å². The zero-order valence-corrected chi connectivity index (χ0v) is 12.9. The van der Waals surface area contributed by atoms with E-state index in [1.807, 2.05) is 44.2 Å². The van der Waals surface area contributed by atoms with E-state index in [0.29, 0.717) is 5.82 Å². The molecule has 22 heavy (non-hydrogen) atoms. The summed E-state index contributed by atoms with van der Waals surface area (Å²) >= 11 is 0. The van der Waals surface area contributed by atoms with Crippen molar-refractivity contribution in [1.29, 1.82) is 0 Å².